The van der Waals surface area contributed by atoms with Crippen LogP contribution in [0.3, 0.4) is 0 Å². The number of methoxy groups -OCH3 is 1. The van der Waals surface area contributed by atoms with Crippen LogP contribution < -0.4 is 10.1 Å². The Hall–Kier alpha value is -3.37. The Kier molecular flexibility index (Phi) is 6.39. The fourth-order valence-electron chi connectivity index (χ4n) is 3.42. The van der Waals surface area contributed by atoms with Crippen molar-refractivity contribution >= 4 is 5.91 Å². The zero-order valence-electron chi connectivity index (χ0n) is 18.9. The highest BCUT2D eigenvalue weighted by atomic mass is 19.1. The summed E-state index contributed by atoms with van der Waals surface area (Å²) in [5.41, 5.74) is 1.54. The van der Waals surface area contributed by atoms with Crippen LogP contribution in [0.4, 0.5) is 4.39 Å². The molecule has 1 amide bonds. The summed E-state index contributed by atoms with van der Waals surface area (Å²) in [5, 5.41) is 2.90. The number of amides is 1. The average molecular weight is 455 g/mol. The molecule has 0 aliphatic carbocycles. The second-order valence-electron chi connectivity index (χ2n) is 8.42. The molecule has 0 unspecified atom stereocenters. The maximum Gasteiger partial charge on any atom is 0.316 e. The summed E-state index contributed by atoms with van der Waals surface area (Å²) in [6, 6.07) is 7.91. The van der Waals surface area contributed by atoms with E-state index in [1.165, 1.54) is 19.2 Å². The molecule has 1 aliphatic rings. The predicted octanol–water partition coefficient (Wildman–Crippen LogP) is 3.26. The molecule has 1 aliphatic heterocycles. The summed E-state index contributed by atoms with van der Waals surface area (Å²) >= 11 is 0. The first-order valence-electron chi connectivity index (χ1n) is 10.6. The molecule has 33 heavy (non-hydrogen) atoms. The summed E-state index contributed by atoms with van der Waals surface area (Å²) in [5.74, 6) is -0.0675. The summed E-state index contributed by atoms with van der Waals surface area (Å²) in [6.07, 6.45) is 0.768. The van der Waals surface area contributed by atoms with E-state index in [9.17, 15) is 9.18 Å². The van der Waals surface area contributed by atoms with Crippen molar-refractivity contribution in [1.82, 2.24) is 25.3 Å². The van der Waals surface area contributed by atoms with Crippen molar-refractivity contribution in [2.45, 2.75) is 33.1 Å². The van der Waals surface area contributed by atoms with Crippen LogP contribution in [-0.4, -0.2) is 52.2 Å². The lowest BCUT2D eigenvalue weighted by Crippen LogP contribution is -2.50. The van der Waals surface area contributed by atoms with Crippen LogP contribution in [0.25, 0.3) is 22.6 Å². The van der Waals surface area contributed by atoms with Crippen LogP contribution in [0, 0.1) is 11.2 Å². The van der Waals surface area contributed by atoms with Gasteiger partial charge in [-0.05, 0) is 51.1 Å². The van der Waals surface area contributed by atoms with Crippen molar-refractivity contribution in [3.8, 4) is 28.7 Å². The fraction of sp³-hybridized carbons (Fsp3) is 0.391. The Labute approximate surface area is 190 Å². The van der Waals surface area contributed by atoms with Crippen LogP contribution in [0.1, 0.15) is 32.9 Å². The molecule has 2 N–H and O–H groups in total. The monoisotopic (exact) mass is 455 g/mol. The van der Waals surface area contributed by atoms with Crippen LogP contribution in [0.5, 0.6) is 6.01 Å². The van der Waals surface area contributed by atoms with E-state index < -0.39 is 11.7 Å². The average Bonchev–Trinajstić information content (AvgIpc) is 3.25. The minimum atomic E-state index is -0.810. The molecule has 0 spiro atoms. The van der Waals surface area contributed by atoms with Gasteiger partial charge in [0.2, 0.25) is 12.2 Å². The minimum absolute atomic E-state index is 0.0165. The van der Waals surface area contributed by atoms with Crippen LogP contribution in [-0.2, 0) is 14.3 Å². The molecule has 4 rings (SSSR count). The second kappa shape index (κ2) is 9.24. The number of aromatic amines is 1. The number of carbonyl (C=O) groups excluding carboxylic acids is 1. The number of rotatable bonds is 6. The number of nitrogens with zero attached hydrogens (tertiary/aromatic N) is 3. The molecule has 0 bridgehead atoms. The quantitative estimate of drug-likeness (QED) is 0.587. The molecule has 9 nitrogen and oxygen atoms in total. The van der Waals surface area contributed by atoms with Gasteiger partial charge >= 0.3 is 6.01 Å². The zero-order chi connectivity index (χ0) is 23.6. The first-order valence-corrected chi connectivity index (χ1v) is 10.6. The lowest BCUT2D eigenvalue weighted by atomic mass is 9.90. The topological polar surface area (TPSA) is 111 Å². The highest BCUT2D eigenvalue weighted by Gasteiger charge is 2.41. The molecular formula is C23H26FN5O4. The molecule has 3 heterocycles. The largest absolute Gasteiger partial charge is 0.467 e. The van der Waals surface area contributed by atoms with E-state index in [0.717, 1.165) is 0 Å². The number of aromatic nitrogens is 4. The van der Waals surface area contributed by atoms with Crippen molar-refractivity contribution < 1.29 is 23.4 Å². The molecule has 0 radical (unpaired) electrons. The van der Waals surface area contributed by atoms with Gasteiger partial charge in [-0.1, -0.05) is 0 Å². The van der Waals surface area contributed by atoms with Gasteiger partial charge in [0.05, 0.1) is 42.8 Å². The standard InChI is InChI=1S/C23H26FN5O4/c1-13(2)26-21(30)23(3)11-32-20(33-12-23)19-28-17(14-5-7-15(24)8-6-14)18(29-19)16-9-10-25-22(27-16)31-4/h5-10,13,20H,11-12H2,1-4H3,(H,26,30)(H,28,29). The third-order valence-electron chi connectivity index (χ3n) is 5.21. The predicted molar refractivity (Wildman–Crippen MR) is 118 cm³/mol. The van der Waals surface area contributed by atoms with Crippen molar-refractivity contribution in [2.24, 2.45) is 5.41 Å². The first kappa shape index (κ1) is 22.8. The Bertz CT molecular complexity index is 1120. The van der Waals surface area contributed by atoms with E-state index in [4.69, 9.17) is 14.2 Å². The third kappa shape index (κ3) is 4.86. The van der Waals surface area contributed by atoms with E-state index in [1.54, 1.807) is 31.3 Å². The lowest BCUT2D eigenvalue weighted by molar-refractivity contribution is -0.231. The van der Waals surface area contributed by atoms with Gasteiger partial charge in [-0.2, -0.15) is 4.98 Å². The number of halogens is 1. The molecule has 1 saturated heterocycles. The van der Waals surface area contributed by atoms with Crippen molar-refractivity contribution in [1.29, 1.82) is 0 Å². The maximum absolute atomic E-state index is 13.5. The molecule has 10 heteroatoms. The van der Waals surface area contributed by atoms with Crippen molar-refractivity contribution in [3.63, 3.8) is 0 Å². The van der Waals surface area contributed by atoms with Gasteiger partial charge in [-0.3, -0.25) is 4.79 Å². The molecule has 3 aromatic rings. The maximum atomic E-state index is 13.5. The molecule has 2 aromatic heterocycles. The van der Waals surface area contributed by atoms with Gasteiger partial charge in [0, 0.05) is 17.8 Å². The smallest absolute Gasteiger partial charge is 0.316 e. The number of H-pyrrole nitrogens is 1. The van der Waals surface area contributed by atoms with E-state index >= 15 is 0 Å². The molecule has 1 fully saturated rings. The Balaban J connectivity index is 1.65. The van der Waals surface area contributed by atoms with Gasteiger partial charge in [0.15, 0.2) is 5.82 Å². The van der Waals surface area contributed by atoms with Gasteiger partial charge in [-0.15, -0.1) is 0 Å². The number of nitrogens with one attached hydrogen (secondary N) is 2. The third-order valence-corrected chi connectivity index (χ3v) is 5.21. The highest BCUT2D eigenvalue weighted by Crippen LogP contribution is 2.35. The van der Waals surface area contributed by atoms with Gasteiger partial charge < -0.3 is 24.5 Å². The van der Waals surface area contributed by atoms with Crippen molar-refractivity contribution in [3.05, 3.63) is 48.2 Å². The summed E-state index contributed by atoms with van der Waals surface area (Å²) < 4.78 is 30.4. The van der Waals surface area contributed by atoms with E-state index in [-0.39, 0.29) is 37.0 Å². The molecular weight excluding hydrogens is 429 g/mol. The minimum Gasteiger partial charge on any atom is -0.467 e. The number of benzene rings is 1. The van der Waals surface area contributed by atoms with Crippen LogP contribution in [0.15, 0.2) is 36.5 Å². The van der Waals surface area contributed by atoms with Gasteiger partial charge in [-0.25, -0.2) is 14.4 Å². The highest BCUT2D eigenvalue weighted by molar-refractivity contribution is 5.83. The number of carbonyl (C=O) groups is 1. The Morgan fingerprint density at radius 3 is 2.55 bits per heavy atom. The van der Waals surface area contributed by atoms with E-state index in [1.807, 2.05) is 13.8 Å². The molecule has 0 atom stereocenters. The zero-order valence-corrected chi connectivity index (χ0v) is 18.9. The molecule has 174 valence electrons. The molecule has 0 saturated carbocycles. The second-order valence-corrected chi connectivity index (χ2v) is 8.42. The lowest BCUT2D eigenvalue weighted by Gasteiger charge is -2.35. The summed E-state index contributed by atoms with van der Waals surface area (Å²) in [4.78, 5) is 28.9. The summed E-state index contributed by atoms with van der Waals surface area (Å²) in [7, 11) is 1.48. The number of hydrogen-bond donors (Lipinski definition) is 2. The van der Waals surface area contributed by atoms with Gasteiger partial charge in [0.25, 0.3) is 0 Å². The Morgan fingerprint density at radius 2 is 1.91 bits per heavy atom. The SMILES string of the molecule is COc1nccc(-c2[nH]c(C3OCC(C)(C(=O)NC(C)C)CO3)nc2-c2ccc(F)cc2)n1. The number of imidazole rings is 1. The molecule has 1 aromatic carbocycles. The van der Waals surface area contributed by atoms with Crippen LogP contribution >= 0.6 is 0 Å². The van der Waals surface area contributed by atoms with E-state index in [2.05, 4.69) is 25.3 Å². The van der Waals surface area contributed by atoms with E-state index in [0.29, 0.717) is 28.5 Å². The van der Waals surface area contributed by atoms with Crippen LogP contribution in [0.2, 0.25) is 0 Å². The fourth-order valence-corrected chi connectivity index (χ4v) is 3.42. The number of hydrogen-bond acceptors (Lipinski definition) is 7. The van der Waals surface area contributed by atoms with Gasteiger partial charge in [0.1, 0.15) is 5.82 Å². The number of ether oxygens (including phenoxy) is 3. The Morgan fingerprint density at radius 1 is 1.21 bits per heavy atom. The normalized spacial score (nSPS) is 20.6. The van der Waals surface area contributed by atoms with Crippen molar-refractivity contribution in [2.75, 3.05) is 20.3 Å². The summed E-state index contributed by atoms with van der Waals surface area (Å²) in [6.45, 7) is 5.93. The first-order chi connectivity index (χ1) is 15.8.